The van der Waals surface area contributed by atoms with Crippen LogP contribution in [-0.4, -0.2) is 23.2 Å². The van der Waals surface area contributed by atoms with Crippen molar-refractivity contribution in [2.75, 3.05) is 6.61 Å². The van der Waals surface area contributed by atoms with Crippen molar-refractivity contribution >= 4 is 0 Å². The van der Waals surface area contributed by atoms with Gasteiger partial charge in [-0.3, -0.25) is 0 Å². The predicted molar refractivity (Wildman–Crippen MR) is 33.6 cm³/mol. The molecule has 0 aliphatic rings. The summed E-state index contributed by atoms with van der Waals surface area (Å²) in [6, 6.07) is 0.00463. The van der Waals surface area contributed by atoms with Gasteiger partial charge < -0.3 is 16.3 Å². The van der Waals surface area contributed by atoms with Crippen LogP contribution in [0, 0.1) is 0 Å². The average molecular weight is 121 g/mol. The Morgan fingerprint density at radius 3 is 2.25 bits per heavy atom. The van der Waals surface area contributed by atoms with E-state index in [-0.39, 0.29) is 18.1 Å². The Bertz CT molecular complexity index is 41.4. The Morgan fingerprint density at radius 2 is 2.12 bits per heavy atom. The van der Waals surface area contributed by atoms with Crippen LogP contribution in [0.1, 0.15) is 19.8 Å². The van der Waals surface area contributed by atoms with E-state index in [0.29, 0.717) is 0 Å². The summed E-state index contributed by atoms with van der Waals surface area (Å²) in [6.07, 6.45) is 1.98. The predicted octanol–water partition coefficient (Wildman–Crippen LogP) is -0.719. The summed E-state index contributed by atoms with van der Waals surface area (Å²) in [4.78, 5) is 0. The highest BCUT2D eigenvalue weighted by Crippen LogP contribution is 1.89. The first-order chi connectivity index (χ1) is 3.31. The summed E-state index contributed by atoms with van der Waals surface area (Å²) in [7, 11) is 0. The molecule has 0 spiro atoms. The number of aliphatic hydroxyl groups excluding tert-OH is 1. The van der Waals surface area contributed by atoms with Crippen LogP contribution < -0.4 is 5.73 Å². The number of aliphatic hydroxyl groups is 1. The quantitative estimate of drug-likeness (QED) is 0.517. The first-order valence-electron chi connectivity index (χ1n) is 2.67. The molecule has 0 aliphatic carbocycles. The topological polar surface area (TPSA) is 77.8 Å². The molecule has 0 heterocycles. The smallest absolute Gasteiger partial charge is 0.0582 e. The maximum Gasteiger partial charge on any atom is 0.0582 e. The molecule has 0 saturated heterocycles. The minimum absolute atomic E-state index is 0. The molecule has 0 aromatic heterocycles. The molecule has 0 saturated carbocycles. The highest BCUT2D eigenvalue weighted by molar-refractivity contribution is 4.55. The molecule has 3 heteroatoms. The van der Waals surface area contributed by atoms with Gasteiger partial charge in [-0.15, -0.1) is 0 Å². The third kappa shape index (κ3) is 5.88. The van der Waals surface area contributed by atoms with E-state index in [4.69, 9.17) is 10.8 Å². The zero-order chi connectivity index (χ0) is 5.70. The van der Waals surface area contributed by atoms with Crippen LogP contribution in [0.15, 0.2) is 0 Å². The summed E-state index contributed by atoms with van der Waals surface area (Å²) in [6.45, 7) is 2.17. The van der Waals surface area contributed by atoms with Crippen LogP contribution in [0.2, 0.25) is 0 Å². The Morgan fingerprint density at radius 1 is 1.62 bits per heavy atom. The number of hydrogen-bond donors (Lipinski definition) is 2. The fourth-order valence-corrected chi connectivity index (χ4v) is 0.462. The van der Waals surface area contributed by atoms with E-state index in [9.17, 15) is 0 Å². The second-order valence-corrected chi connectivity index (χ2v) is 1.73. The second kappa shape index (κ2) is 6.88. The van der Waals surface area contributed by atoms with Crippen molar-refractivity contribution in [3.63, 3.8) is 0 Å². The Kier molecular flexibility index (Phi) is 9.28. The lowest BCUT2D eigenvalue weighted by molar-refractivity contribution is 0.259. The van der Waals surface area contributed by atoms with Gasteiger partial charge in [0.2, 0.25) is 0 Å². The zero-order valence-corrected chi connectivity index (χ0v) is 5.22. The maximum absolute atomic E-state index is 8.34. The first-order valence-corrected chi connectivity index (χ1v) is 2.67. The number of rotatable bonds is 3. The molecule has 0 amide bonds. The highest BCUT2D eigenvalue weighted by atomic mass is 16.3. The standard InChI is InChI=1S/C5H13NO.H2O/c1-2-3-5(6)4-7;/h5,7H,2-4,6H2,1H3;1H2. The van der Waals surface area contributed by atoms with Crippen LogP contribution >= 0.6 is 0 Å². The zero-order valence-electron chi connectivity index (χ0n) is 5.22. The molecule has 0 fully saturated rings. The molecule has 5 N–H and O–H groups in total. The molecule has 0 aliphatic heterocycles. The Hall–Kier alpha value is -0.120. The van der Waals surface area contributed by atoms with Crippen molar-refractivity contribution < 1.29 is 10.6 Å². The van der Waals surface area contributed by atoms with E-state index in [2.05, 4.69) is 6.92 Å². The monoisotopic (exact) mass is 121 g/mol. The lowest BCUT2D eigenvalue weighted by Gasteiger charge is -2.02. The second-order valence-electron chi connectivity index (χ2n) is 1.73. The summed E-state index contributed by atoms with van der Waals surface area (Å²) < 4.78 is 0. The molecular formula is C5H15NO2. The first kappa shape index (κ1) is 10.8. The van der Waals surface area contributed by atoms with Crippen molar-refractivity contribution in [3.8, 4) is 0 Å². The van der Waals surface area contributed by atoms with Gasteiger partial charge in [-0.05, 0) is 6.42 Å². The van der Waals surface area contributed by atoms with Gasteiger partial charge in [-0.25, -0.2) is 0 Å². The molecule has 8 heavy (non-hydrogen) atoms. The van der Waals surface area contributed by atoms with Gasteiger partial charge in [0.15, 0.2) is 0 Å². The minimum atomic E-state index is 0. The molecule has 1 atom stereocenters. The summed E-state index contributed by atoms with van der Waals surface area (Å²) in [5, 5.41) is 8.34. The van der Waals surface area contributed by atoms with Gasteiger partial charge in [-0.2, -0.15) is 0 Å². The SMILES string of the molecule is CCCC(N)CO.O. The Balaban J connectivity index is 0. The van der Waals surface area contributed by atoms with Crippen LogP contribution in [-0.2, 0) is 0 Å². The van der Waals surface area contributed by atoms with Gasteiger partial charge in [0.1, 0.15) is 0 Å². The van der Waals surface area contributed by atoms with Gasteiger partial charge in [-0.1, -0.05) is 13.3 Å². The fraction of sp³-hybridized carbons (Fsp3) is 1.00. The molecule has 0 aromatic rings. The lowest BCUT2D eigenvalue weighted by Crippen LogP contribution is -2.23. The largest absolute Gasteiger partial charge is 0.412 e. The molecule has 0 radical (unpaired) electrons. The molecule has 52 valence electrons. The van der Waals surface area contributed by atoms with Gasteiger partial charge in [0.25, 0.3) is 0 Å². The van der Waals surface area contributed by atoms with Crippen molar-refractivity contribution in [2.45, 2.75) is 25.8 Å². The van der Waals surface area contributed by atoms with Crippen LogP contribution in [0.4, 0.5) is 0 Å². The lowest BCUT2D eigenvalue weighted by atomic mass is 10.2. The highest BCUT2D eigenvalue weighted by Gasteiger charge is 1.94. The van der Waals surface area contributed by atoms with E-state index in [1.165, 1.54) is 0 Å². The molecule has 0 bridgehead atoms. The summed E-state index contributed by atoms with van der Waals surface area (Å²) in [5.41, 5.74) is 5.33. The molecule has 3 nitrogen and oxygen atoms in total. The molecule has 0 rings (SSSR count). The van der Waals surface area contributed by atoms with Gasteiger partial charge >= 0.3 is 0 Å². The molecular weight excluding hydrogens is 106 g/mol. The minimum Gasteiger partial charge on any atom is -0.412 e. The van der Waals surface area contributed by atoms with Gasteiger partial charge in [0.05, 0.1) is 6.61 Å². The van der Waals surface area contributed by atoms with E-state index in [1.54, 1.807) is 0 Å². The van der Waals surface area contributed by atoms with E-state index in [1.807, 2.05) is 0 Å². The van der Waals surface area contributed by atoms with E-state index in [0.717, 1.165) is 12.8 Å². The third-order valence-corrected chi connectivity index (χ3v) is 0.894. The van der Waals surface area contributed by atoms with Crippen LogP contribution in [0.25, 0.3) is 0 Å². The fourth-order valence-electron chi connectivity index (χ4n) is 0.462. The number of nitrogens with two attached hydrogens (primary N) is 1. The van der Waals surface area contributed by atoms with Crippen LogP contribution in [0.3, 0.4) is 0 Å². The summed E-state index contributed by atoms with van der Waals surface area (Å²) >= 11 is 0. The average Bonchev–Trinajstić information content (AvgIpc) is 1.68. The number of hydrogen-bond acceptors (Lipinski definition) is 2. The Labute approximate surface area is 49.8 Å². The molecule has 1 unspecified atom stereocenters. The van der Waals surface area contributed by atoms with Crippen molar-refractivity contribution in [1.29, 1.82) is 0 Å². The van der Waals surface area contributed by atoms with Crippen LogP contribution in [0.5, 0.6) is 0 Å². The molecule has 0 aromatic carbocycles. The van der Waals surface area contributed by atoms with E-state index >= 15 is 0 Å². The third-order valence-electron chi connectivity index (χ3n) is 0.894. The van der Waals surface area contributed by atoms with E-state index < -0.39 is 0 Å². The van der Waals surface area contributed by atoms with Crippen molar-refractivity contribution in [3.05, 3.63) is 0 Å². The summed E-state index contributed by atoms with van der Waals surface area (Å²) in [5.74, 6) is 0. The normalized spacial score (nSPS) is 12.4. The van der Waals surface area contributed by atoms with Crippen molar-refractivity contribution in [2.24, 2.45) is 5.73 Å². The van der Waals surface area contributed by atoms with Gasteiger partial charge in [0, 0.05) is 6.04 Å². The maximum atomic E-state index is 8.34. The van der Waals surface area contributed by atoms with Crippen molar-refractivity contribution in [1.82, 2.24) is 0 Å².